The number of carbonyl (C=O) groups is 2. The minimum atomic E-state index is -0.375. The summed E-state index contributed by atoms with van der Waals surface area (Å²) in [4.78, 5) is 24.9. The average Bonchev–Trinajstić information content (AvgIpc) is 3.46. The van der Waals surface area contributed by atoms with Crippen LogP contribution in [0.4, 0.5) is 5.69 Å². The number of nitrogens with zero attached hydrogens (tertiary/aromatic N) is 2. The van der Waals surface area contributed by atoms with Gasteiger partial charge in [0, 0.05) is 34.6 Å². The molecule has 0 aliphatic carbocycles. The number of furan rings is 1. The van der Waals surface area contributed by atoms with Gasteiger partial charge in [0.25, 0.3) is 11.8 Å². The van der Waals surface area contributed by atoms with Gasteiger partial charge in [-0.3, -0.25) is 9.59 Å². The monoisotopic (exact) mass is 434 g/mol. The van der Waals surface area contributed by atoms with Crippen LogP contribution in [0.5, 0.6) is 0 Å². The zero-order chi connectivity index (χ0) is 21.8. The molecular formula is C23H19ClN4O3. The number of aromatic nitrogens is 2. The molecule has 2 heterocycles. The fourth-order valence-electron chi connectivity index (χ4n) is 2.96. The number of carbonyl (C=O) groups excluding carboxylic acids is 2. The van der Waals surface area contributed by atoms with Gasteiger partial charge >= 0.3 is 0 Å². The number of benzene rings is 2. The van der Waals surface area contributed by atoms with Gasteiger partial charge in [-0.25, -0.2) is 4.68 Å². The molecule has 4 rings (SSSR count). The Hall–Kier alpha value is -3.84. The van der Waals surface area contributed by atoms with Crippen molar-refractivity contribution in [3.63, 3.8) is 0 Å². The number of nitrogens with one attached hydrogen (secondary N) is 2. The Balaban J connectivity index is 1.41. The molecule has 0 saturated heterocycles. The summed E-state index contributed by atoms with van der Waals surface area (Å²) in [6.07, 6.45) is 4.97. The lowest BCUT2D eigenvalue weighted by molar-refractivity contribution is 0.0949. The van der Waals surface area contributed by atoms with E-state index in [1.54, 1.807) is 53.3 Å². The molecule has 31 heavy (non-hydrogen) atoms. The molecule has 4 aromatic rings. The van der Waals surface area contributed by atoms with E-state index in [1.165, 1.54) is 6.26 Å². The maximum atomic E-state index is 12.6. The number of halogens is 1. The van der Waals surface area contributed by atoms with E-state index in [0.29, 0.717) is 22.8 Å². The Morgan fingerprint density at radius 3 is 2.65 bits per heavy atom. The Bertz CT molecular complexity index is 1210. The van der Waals surface area contributed by atoms with E-state index >= 15 is 0 Å². The van der Waals surface area contributed by atoms with Gasteiger partial charge < -0.3 is 15.1 Å². The van der Waals surface area contributed by atoms with Crippen molar-refractivity contribution in [3.05, 3.63) is 101 Å². The molecule has 2 aromatic heterocycles. The third-order valence-electron chi connectivity index (χ3n) is 4.67. The van der Waals surface area contributed by atoms with Crippen LogP contribution in [0.15, 0.2) is 77.7 Å². The first-order chi connectivity index (χ1) is 15.0. The molecule has 0 spiro atoms. The Labute approximate surface area is 183 Å². The summed E-state index contributed by atoms with van der Waals surface area (Å²) in [6, 6.07) is 15.7. The first-order valence-corrected chi connectivity index (χ1v) is 9.90. The smallest absolute Gasteiger partial charge is 0.291 e. The highest BCUT2D eigenvalue weighted by atomic mass is 35.5. The first-order valence-electron chi connectivity index (χ1n) is 9.53. The van der Waals surface area contributed by atoms with Gasteiger partial charge in [0.05, 0.1) is 18.1 Å². The van der Waals surface area contributed by atoms with Crippen molar-refractivity contribution >= 4 is 29.1 Å². The van der Waals surface area contributed by atoms with Crippen LogP contribution < -0.4 is 10.6 Å². The molecule has 0 saturated carbocycles. The highest BCUT2D eigenvalue weighted by Crippen LogP contribution is 2.19. The SMILES string of the molecule is Cc1ccc(C(=O)NCc2cnn(-c3ccc(Cl)cc3)c2)cc1NC(=O)c1ccco1. The number of hydrogen-bond acceptors (Lipinski definition) is 4. The number of amides is 2. The van der Waals surface area contributed by atoms with E-state index in [9.17, 15) is 9.59 Å². The lowest BCUT2D eigenvalue weighted by atomic mass is 10.1. The lowest BCUT2D eigenvalue weighted by Crippen LogP contribution is -2.23. The van der Waals surface area contributed by atoms with Gasteiger partial charge in [-0.1, -0.05) is 17.7 Å². The zero-order valence-electron chi connectivity index (χ0n) is 16.6. The van der Waals surface area contributed by atoms with Crippen LogP contribution in [0.3, 0.4) is 0 Å². The van der Waals surface area contributed by atoms with Crippen LogP contribution in [0, 0.1) is 6.92 Å². The molecule has 156 valence electrons. The number of anilines is 1. The molecule has 7 nitrogen and oxygen atoms in total. The largest absolute Gasteiger partial charge is 0.459 e. The van der Waals surface area contributed by atoms with Crippen LogP contribution in [0.25, 0.3) is 5.69 Å². The number of hydrogen-bond donors (Lipinski definition) is 2. The average molecular weight is 435 g/mol. The van der Waals surface area contributed by atoms with Crippen molar-refractivity contribution in [1.29, 1.82) is 0 Å². The molecule has 0 bridgehead atoms. The molecule has 0 atom stereocenters. The number of aryl methyl sites for hydroxylation is 1. The summed E-state index contributed by atoms with van der Waals surface area (Å²) in [7, 11) is 0. The maximum Gasteiger partial charge on any atom is 0.291 e. The standard InChI is InChI=1S/C23H19ClN4O3/c1-15-4-5-17(11-20(15)27-23(30)21-3-2-10-31-21)22(29)25-12-16-13-26-28(14-16)19-8-6-18(24)7-9-19/h2-11,13-14H,12H2,1H3,(H,25,29)(H,27,30). The van der Waals surface area contributed by atoms with E-state index in [1.807, 2.05) is 25.3 Å². The van der Waals surface area contributed by atoms with E-state index in [0.717, 1.165) is 16.8 Å². The van der Waals surface area contributed by atoms with Crippen molar-refractivity contribution in [2.45, 2.75) is 13.5 Å². The van der Waals surface area contributed by atoms with Crippen molar-refractivity contribution in [1.82, 2.24) is 15.1 Å². The van der Waals surface area contributed by atoms with E-state index in [4.69, 9.17) is 16.0 Å². The Morgan fingerprint density at radius 2 is 1.90 bits per heavy atom. The summed E-state index contributed by atoms with van der Waals surface area (Å²) in [5.74, 6) is -0.431. The predicted octanol–water partition coefficient (Wildman–Crippen LogP) is 4.61. The molecule has 0 unspecified atom stereocenters. The van der Waals surface area contributed by atoms with E-state index < -0.39 is 0 Å². The summed E-state index contributed by atoms with van der Waals surface area (Å²) in [5, 5.41) is 10.6. The third kappa shape index (κ3) is 4.84. The Kier molecular flexibility index (Phi) is 5.86. The second kappa shape index (κ2) is 8.89. The van der Waals surface area contributed by atoms with Crippen LogP contribution in [0.2, 0.25) is 5.02 Å². The second-order valence-electron chi connectivity index (χ2n) is 6.91. The molecule has 0 aliphatic heterocycles. The molecule has 0 fully saturated rings. The molecule has 2 N–H and O–H groups in total. The Morgan fingerprint density at radius 1 is 1.10 bits per heavy atom. The van der Waals surface area contributed by atoms with Crippen molar-refractivity contribution in [3.8, 4) is 5.69 Å². The van der Waals surface area contributed by atoms with Crippen LogP contribution in [-0.4, -0.2) is 21.6 Å². The van der Waals surface area contributed by atoms with Gasteiger partial charge in [-0.05, 0) is 61.0 Å². The normalized spacial score (nSPS) is 10.6. The maximum absolute atomic E-state index is 12.6. The van der Waals surface area contributed by atoms with Gasteiger partial charge in [0.1, 0.15) is 0 Å². The van der Waals surface area contributed by atoms with Gasteiger partial charge in [-0.2, -0.15) is 5.10 Å². The van der Waals surface area contributed by atoms with Crippen LogP contribution in [-0.2, 0) is 6.54 Å². The van der Waals surface area contributed by atoms with E-state index in [2.05, 4.69) is 15.7 Å². The van der Waals surface area contributed by atoms with E-state index in [-0.39, 0.29) is 17.6 Å². The second-order valence-corrected chi connectivity index (χ2v) is 7.35. The summed E-state index contributed by atoms with van der Waals surface area (Å²) in [6.45, 7) is 2.17. The van der Waals surface area contributed by atoms with Crippen LogP contribution in [0.1, 0.15) is 32.0 Å². The fourth-order valence-corrected chi connectivity index (χ4v) is 3.09. The first kappa shape index (κ1) is 20.4. The zero-order valence-corrected chi connectivity index (χ0v) is 17.4. The molecule has 0 radical (unpaired) electrons. The quantitative estimate of drug-likeness (QED) is 0.463. The fraction of sp³-hybridized carbons (Fsp3) is 0.0870. The molecule has 2 amide bonds. The van der Waals surface area contributed by atoms with Gasteiger partial charge in [-0.15, -0.1) is 0 Å². The summed E-state index contributed by atoms with van der Waals surface area (Å²) in [5.41, 5.74) is 3.54. The minimum Gasteiger partial charge on any atom is -0.459 e. The molecule has 8 heteroatoms. The predicted molar refractivity (Wildman–Crippen MR) is 118 cm³/mol. The molecule has 0 aliphatic rings. The summed E-state index contributed by atoms with van der Waals surface area (Å²) >= 11 is 5.92. The van der Waals surface area contributed by atoms with Crippen LogP contribution >= 0.6 is 11.6 Å². The minimum absolute atomic E-state index is 0.201. The van der Waals surface area contributed by atoms with Gasteiger partial charge in [0.2, 0.25) is 0 Å². The molecular weight excluding hydrogens is 416 g/mol. The highest BCUT2D eigenvalue weighted by molar-refractivity contribution is 6.30. The van der Waals surface area contributed by atoms with Crippen molar-refractivity contribution < 1.29 is 14.0 Å². The van der Waals surface area contributed by atoms with Crippen molar-refractivity contribution in [2.24, 2.45) is 0 Å². The van der Waals surface area contributed by atoms with Crippen molar-refractivity contribution in [2.75, 3.05) is 5.32 Å². The lowest BCUT2D eigenvalue weighted by Gasteiger charge is -2.10. The van der Waals surface area contributed by atoms with Gasteiger partial charge in [0.15, 0.2) is 5.76 Å². The third-order valence-corrected chi connectivity index (χ3v) is 4.93. The summed E-state index contributed by atoms with van der Waals surface area (Å²) < 4.78 is 6.82. The topological polar surface area (TPSA) is 89.2 Å². The highest BCUT2D eigenvalue weighted by Gasteiger charge is 2.13. The molecule has 2 aromatic carbocycles. The number of rotatable bonds is 6.